The highest BCUT2D eigenvalue weighted by Gasteiger charge is 2.29. The van der Waals surface area contributed by atoms with Crippen LogP contribution in [-0.4, -0.2) is 35.2 Å². The van der Waals surface area contributed by atoms with Gasteiger partial charge in [-0.1, -0.05) is 0 Å². The summed E-state index contributed by atoms with van der Waals surface area (Å²) in [7, 11) is 0. The lowest BCUT2D eigenvalue weighted by Gasteiger charge is -2.37. The van der Waals surface area contributed by atoms with Gasteiger partial charge in [0.15, 0.2) is 0 Å². The second-order valence-corrected chi connectivity index (χ2v) is 3.72. The third-order valence-corrected chi connectivity index (χ3v) is 2.54. The number of nitrogens with zero attached hydrogens (tertiary/aromatic N) is 2. The second-order valence-electron chi connectivity index (χ2n) is 3.72. The Bertz CT molecular complexity index is 430. The average Bonchev–Trinajstić information content (AvgIpc) is 2.23. The number of nitrogens with one attached hydrogen (secondary N) is 1. The fraction of sp³-hybridized carbons (Fsp3) is 0.273. The number of hydrogen-bond donors (Lipinski definition) is 2. The number of nitriles is 1. The molecule has 0 spiro atoms. The van der Waals surface area contributed by atoms with Crippen LogP contribution in [0, 0.1) is 11.3 Å². The zero-order valence-electron chi connectivity index (χ0n) is 8.55. The highest BCUT2D eigenvalue weighted by Crippen LogP contribution is 2.15. The van der Waals surface area contributed by atoms with Crippen LogP contribution >= 0.6 is 0 Å². The summed E-state index contributed by atoms with van der Waals surface area (Å²) in [6, 6.07) is 9.32. The molecule has 0 aliphatic carbocycles. The van der Waals surface area contributed by atoms with Crippen molar-refractivity contribution in [2.24, 2.45) is 0 Å². The van der Waals surface area contributed by atoms with Gasteiger partial charge in [0.05, 0.1) is 17.7 Å². The topological polar surface area (TPSA) is 76.4 Å². The van der Waals surface area contributed by atoms with Crippen molar-refractivity contribution < 1.29 is 9.90 Å². The molecule has 1 saturated heterocycles. The van der Waals surface area contributed by atoms with Crippen molar-refractivity contribution in [1.82, 2.24) is 4.90 Å². The van der Waals surface area contributed by atoms with Crippen LogP contribution in [0.2, 0.25) is 0 Å². The molecule has 1 fully saturated rings. The van der Waals surface area contributed by atoms with Gasteiger partial charge in [0, 0.05) is 18.8 Å². The highest BCUT2D eigenvalue weighted by molar-refractivity contribution is 5.66. The van der Waals surface area contributed by atoms with Crippen LogP contribution in [0.4, 0.5) is 10.5 Å². The van der Waals surface area contributed by atoms with Gasteiger partial charge in [0.2, 0.25) is 0 Å². The predicted molar refractivity (Wildman–Crippen MR) is 58.2 cm³/mol. The summed E-state index contributed by atoms with van der Waals surface area (Å²) in [5.74, 6) is 0. The first kappa shape index (κ1) is 10.3. The van der Waals surface area contributed by atoms with Crippen LogP contribution in [0.3, 0.4) is 0 Å². The molecule has 1 aromatic rings. The van der Waals surface area contributed by atoms with Crippen LogP contribution in [0.1, 0.15) is 5.56 Å². The maximum absolute atomic E-state index is 10.5. The summed E-state index contributed by atoms with van der Waals surface area (Å²) < 4.78 is 0. The highest BCUT2D eigenvalue weighted by atomic mass is 16.4. The summed E-state index contributed by atoms with van der Waals surface area (Å²) in [6.07, 6.45) is -0.877. The van der Waals surface area contributed by atoms with Gasteiger partial charge in [0.25, 0.3) is 0 Å². The first-order chi connectivity index (χ1) is 7.69. The average molecular weight is 217 g/mol. The Morgan fingerprint density at radius 1 is 1.44 bits per heavy atom. The number of anilines is 1. The molecule has 0 aromatic heterocycles. The van der Waals surface area contributed by atoms with E-state index in [0.717, 1.165) is 5.69 Å². The molecule has 1 aromatic carbocycles. The van der Waals surface area contributed by atoms with Crippen LogP contribution in [0.15, 0.2) is 24.3 Å². The van der Waals surface area contributed by atoms with Crippen molar-refractivity contribution >= 4 is 11.8 Å². The molecule has 1 amide bonds. The van der Waals surface area contributed by atoms with Gasteiger partial charge in [-0.05, 0) is 24.3 Å². The van der Waals surface area contributed by atoms with E-state index in [0.29, 0.717) is 18.7 Å². The van der Waals surface area contributed by atoms with Gasteiger partial charge in [-0.3, -0.25) is 0 Å². The molecule has 5 heteroatoms. The summed E-state index contributed by atoms with van der Waals surface area (Å²) in [5.41, 5.74) is 1.53. The van der Waals surface area contributed by atoms with Gasteiger partial charge >= 0.3 is 6.09 Å². The van der Waals surface area contributed by atoms with E-state index in [2.05, 4.69) is 5.32 Å². The number of benzene rings is 1. The minimum atomic E-state index is -0.877. The van der Waals surface area contributed by atoms with Crippen LogP contribution < -0.4 is 5.32 Å². The zero-order chi connectivity index (χ0) is 11.5. The fourth-order valence-electron chi connectivity index (χ4n) is 1.60. The van der Waals surface area contributed by atoms with E-state index in [9.17, 15) is 4.79 Å². The molecule has 0 atom stereocenters. The van der Waals surface area contributed by atoms with Gasteiger partial charge in [-0.25, -0.2) is 4.79 Å². The van der Waals surface area contributed by atoms with E-state index in [4.69, 9.17) is 10.4 Å². The first-order valence-electron chi connectivity index (χ1n) is 4.93. The zero-order valence-corrected chi connectivity index (χ0v) is 8.55. The molecule has 0 saturated carbocycles. The molecular formula is C11H11N3O2. The summed E-state index contributed by atoms with van der Waals surface area (Å²) in [4.78, 5) is 11.9. The lowest BCUT2D eigenvalue weighted by atomic mass is 10.1. The monoisotopic (exact) mass is 217 g/mol. The van der Waals surface area contributed by atoms with Crippen molar-refractivity contribution in [2.75, 3.05) is 18.4 Å². The van der Waals surface area contributed by atoms with Crippen LogP contribution in [0.5, 0.6) is 0 Å². The Hall–Kier alpha value is -2.22. The number of amides is 1. The van der Waals surface area contributed by atoms with Gasteiger partial charge in [-0.15, -0.1) is 0 Å². The maximum atomic E-state index is 10.5. The number of hydrogen-bond acceptors (Lipinski definition) is 3. The largest absolute Gasteiger partial charge is 0.465 e. The Morgan fingerprint density at radius 3 is 2.56 bits per heavy atom. The molecule has 82 valence electrons. The van der Waals surface area contributed by atoms with Crippen molar-refractivity contribution in [1.29, 1.82) is 5.26 Å². The standard InChI is InChI=1S/C11H11N3O2/c12-5-8-1-3-9(4-2-8)13-10-6-14(7-10)11(15)16/h1-4,10,13H,6-7H2,(H,15,16). The van der Waals surface area contributed by atoms with Crippen molar-refractivity contribution in [3.63, 3.8) is 0 Å². The first-order valence-corrected chi connectivity index (χ1v) is 4.93. The van der Waals surface area contributed by atoms with Crippen LogP contribution in [0.25, 0.3) is 0 Å². The van der Waals surface area contributed by atoms with E-state index in [1.807, 2.05) is 18.2 Å². The third-order valence-electron chi connectivity index (χ3n) is 2.54. The van der Waals surface area contributed by atoms with Crippen molar-refractivity contribution in [2.45, 2.75) is 6.04 Å². The quantitative estimate of drug-likeness (QED) is 0.783. The molecule has 5 nitrogen and oxygen atoms in total. The van der Waals surface area contributed by atoms with Crippen molar-refractivity contribution in [3.05, 3.63) is 29.8 Å². The summed E-state index contributed by atoms with van der Waals surface area (Å²) in [6.45, 7) is 1.02. The maximum Gasteiger partial charge on any atom is 0.407 e. The Kier molecular flexibility index (Phi) is 2.64. The normalized spacial score (nSPS) is 15.1. The number of carboxylic acid groups (broad SMARTS) is 1. The second kappa shape index (κ2) is 4.11. The molecule has 0 unspecified atom stereocenters. The molecule has 2 N–H and O–H groups in total. The minimum Gasteiger partial charge on any atom is -0.465 e. The van der Waals surface area contributed by atoms with Crippen molar-refractivity contribution in [3.8, 4) is 6.07 Å². The summed E-state index contributed by atoms with van der Waals surface area (Å²) in [5, 5.41) is 20.5. The van der Waals surface area contributed by atoms with E-state index in [1.165, 1.54) is 4.90 Å². The Labute approximate surface area is 92.9 Å². The predicted octanol–water partition coefficient (Wildman–Crippen LogP) is 1.33. The molecular weight excluding hydrogens is 206 g/mol. The minimum absolute atomic E-state index is 0.170. The molecule has 16 heavy (non-hydrogen) atoms. The van der Waals surface area contributed by atoms with Gasteiger partial charge in [-0.2, -0.15) is 5.26 Å². The van der Waals surface area contributed by atoms with E-state index in [1.54, 1.807) is 12.1 Å². The lowest BCUT2D eigenvalue weighted by Crippen LogP contribution is -2.56. The fourth-order valence-corrected chi connectivity index (χ4v) is 1.60. The van der Waals surface area contributed by atoms with E-state index in [-0.39, 0.29) is 6.04 Å². The Balaban J connectivity index is 1.87. The van der Waals surface area contributed by atoms with Gasteiger partial charge in [0.1, 0.15) is 0 Å². The molecule has 0 radical (unpaired) electrons. The SMILES string of the molecule is N#Cc1ccc(NC2CN(C(=O)O)C2)cc1. The molecule has 0 bridgehead atoms. The van der Waals surface area contributed by atoms with Crippen LogP contribution in [-0.2, 0) is 0 Å². The number of likely N-dealkylation sites (tertiary alicyclic amines) is 1. The third kappa shape index (κ3) is 2.06. The van der Waals surface area contributed by atoms with E-state index < -0.39 is 6.09 Å². The Morgan fingerprint density at radius 2 is 2.06 bits per heavy atom. The van der Waals surface area contributed by atoms with E-state index >= 15 is 0 Å². The lowest BCUT2D eigenvalue weighted by molar-refractivity contribution is 0.111. The molecule has 2 rings (SSSR count). The van der Waals surface area contributed by atoms with Gasteiger partial charge < -0.3 is 15.3 Å². The smallest absolute Gasteiger partial charge is 0.407 e. The summed E-state index contributed by atoms with van der Waals surface area (Å²) >= 11 is 0. The number of rotatable bonds is 2. The molecule has 1 heterocycles. The molecule has 1 aliphatic rings. The number of carbonyl (C=O) groups is 1. The molecule has 1 aliphatic heterocycles.